The number of ether oxygens (including phenoxy) is 1. The number of halogens is 2. The highest BCUT2D eigenvalue weighted by Gasteiger charge is 2.60. The molecule has 1 saturated heterocycles. The van der Waals surface area contributed by atoms with Crippen molar-refractivity contribution >= 4 is 35.1 Å². The summed E-state index contributed by atoms with van der Waals surface area (Å²) >= 11 is 12.5. The van der Waals surface area contributed by atoms with Crippen LogP contribution in [0.1, 0.15) is 50.7 Å². The number of primary amides is 1. The fourth-order valence-corrected chi connectivity index (χ4v) is 5.32. The van der Waals surface area contributed by atoms with E-state index in [0.717, 1.165) is 0 Å². The molecule has 192 valence electrons. The van der Waals surface area contributed by atoms with Crippen LogP contribution in [0.4, 0.5) is 0 Å². The SMILES string of the molecule is CC(C)(C)C[C@H]1N[C@H](C(=O)OC[C@@H](O)CC(N)=O)[C@@H](c2cccc(Cl)c2)[C@]1(C#N)c1ccc(Cl)cc1. The summed E-state index contributed by atoms with van der Waals surface area (Å²) in [4.78, 5) is 24.5. The molecule has 1 aliphatic heterocycles. The summed E-state index contributed by atoms with van der Waals surface area (Å²) in [5, 5.41) is 25.2. The zero-order valence-electron chi connectivity index (χ0n) is 20.5. The topological polar surface area (TPSA) is 125 Å². The van der Waals surface area contributed by atoms with Crippen molar-refractivity contribution in [2.75, 3.05) is 6.61 Å². The van der Waals surface area contributed by atoms with E-state index in [2.05, 4.69) is 32.2 Å². The first-order valence-electron chi connectivity index (χ1n) is 11.7. The molecule has 0 radical (unpaired) electrons. The summed E-state index contributed by atoms with van der Waals surface area (Å²) in [7, 11) is 0. The van der Waals surface area contributed by atoms with Crippen molar-refractivity contribution in [1.29, 1.82) is 5.26 Å². The molecule has 0 aliphatic carbocycles. The highest BCUT2D eigenvalue weighted by Crippen LogP contribution is 2.51. The Labute approximate surface area is 221 Å². The Morgan fingerprint density at radius 1 is 1.19 bits per heavy atom. The molecule has 36 heavy (non-hydrogen) atoms. The number of carbonyl (C=O) groups excluding carboxylic acids is 2. The third kappa shape index (κ3) is 6.19. The molecular formula is C27H31Cl2N3O4. The first kappa shape index (κ1) is 27.9. The van der Waals surface area contributed by atoms with Gasteiger partial charge in [-0.3, -0.25) is 14.9 Å². The minimum absolute atomic E-state index is 0.179. The lowest BCUT2D eigenvalue weighted by molar-refractivity contribution is -0.150. The van der Waals surface area contributed by atoms with E-state index in [0.29, 0.717) is 27.6 Å². The summed E-state index contributed by atoms with van der Waals surface area (Å²) < 4.78 is 5.42. The quantitative estimate of drug-likeness (QED) is 0.440. The predicted octanol–water partition coefficient (Wildman–Crippen LogP) is 4.09. The Hall–Kier alpha value is -2.63. The number of amides is 1. The lowest BCUT2D eigenvalue weighted by atomic mass is 9.63. The average Bonchev–Trinajstić information content (AvgIpc) is 3.11. The maximum atomic E-state index is 13.4. The zero-order valence-corrected chi connectivity index (χ0v) is 22.0. The molecule has 1 heterocycles. The molecule has 0 spiro atoms. The second-order valence-corrected chi connectivity index (χ2v) is 11.3. The Bertz CT molecular complexity index is 1140. The van der Waals surface area contributed by atoms with Gasteiger partial charge in [-0.2, -0.15) is 5.26 Å². The Balaban J connectivity index is 2.13. The van der Waals surface area contributed by atoms with Gasteiger partial charge < -0.3 is 15.6 Å². The second kappa shape index (κ2) is 11.2. The summed E-state index contributed by atoms with van der Waals surface area (Å²) in [6, 6.07) is 15.4. The molecule has 7 nitrogen and oxygen atoms in total. The van der Waals surface area contributed by atoms with Gasteiger partial charge in [-0.15, -0.1) is 0 Å². The van der Waals surface area contributed by atoms with Crippen LogP contribution in [0.15, 0.2) is 48.5 Å². The fraction of sp³-hybridized carbons (Fsp3) is 0.444. The first-order valence-corrected chi connectivity index (χ1v) is 12.4. The summed E-state index contributed by atoms with van der Waals surface area (Å²) in [6.45, 7) is 5.81. The van der Waals surface area contributed by atoms with Crippen molar-refractivity contribution in [3.63, 3.8) is 0 Å². The monoisotopic (exact) mass is 531 g/mol. The van der Waals surface area contributed by atoms with Crippen LogP contribution in [0.2, 0.25) is 10.0 Å². The van der Waals surface area contributed by atoms with Crippen LogP contribution in [0, 0.1) is 16.7 Å². The molecule has 1 fully saturated rings. The molecular weight excluding hydrogens is 501 g/mol. The summed E-state index contributed by atoms with van der Waals surface area (Å²) in [5.41, 5.74) is 5.19. The van der Waals surface area contributed by atoms with E-state index in [9.17, 15) is 20.0 Å². The zero-order chi connectivity index (χ0) is 26.7. The highest BCUT2D eigenvalue weighted by atomic mass is 35.5. The second-order valence-electron chi connectivity index (χ2n) is 10.4. The molecule has 5 atom stereocenters. The molecule has 1 aliphatic rings. The lowest BCUT2D eigenvalue weighted by Gasteiger charge is -2.37. The number of rotatable bonds is 8. The number of carbonyl (C=O) groups is 2. The number of benzene rings is 2. The number of nitrogens with zero attached hydrogens (tertiary/aromatic N) is 1. The van der Waals surface area contributed by atoms with Crippen LogP contribution < -0.4 is 11.1 Å². The Morgan fingerprint density at radius 3 is 2.42 bits per heavy atom. The highest BCUT2D eigenvalue weighted by molar-refractivity contribution is 6.30. The molecule has 9 heteroatoms. The molecule has 0 bridgehead atoms. The molecule has 4 N–H and O–H groups in total. The van der Waals surface area contributed by atoms with E-state index < -0.39 is 48.0 Å². The molecule has 2 aromatic rings. The van der Waals surface area contributed by atoms with Gasteiger partial charge in [0.1, 0.15) is 18.1 Å². The van der Waals surface area contributed by atoms with Crippen LogP contribution >= 0.6 is 23.2 Å². The van der Waals surface area contributed by atoms with Gasteiger partial charge >= 0.3 is 5.97 Å². The van der Waals surface area contributed by atoms with Crippen molar-refractivity contribution in [1.82, 2.24) is 5.32 Å². The standard InChI is InChI=1S/C27H31Cl2N3O4/c1-26(2,3)13-21-27(15-30,17-7-9-18(28)10-8-17)23(16-5-4-6-19(29)11-16)24(32-21)25(35)36-14-20(33)12-22(31)34/h4-11,20-21,23-24,32-33H,12-14H2,1-3H3,(H2,31,34)/t20-,21+,23+,24-,27+/m0/s1. The first-order chi connectivity index (χ1) is 16.9. The van der Waals surface area contributed by atoms with E-state index >= 15 is 0 Å². The number of hydrogen-bond donors (Lipinski definition) is 3. The Morgan fingerprint density at radius 2 is 1.86 bits per heavy atom. The van der Waals surface area contributed by atoms with Gasteiger partial charge in [-0.25, -0.2) is 0 Å². The number of hydrogen-bond acceptors (Lipinski definition) is 6. The molecule has 3 rings (SSSR count). The van der Waals surface area contributed by atoms with Gasteiger partial charge in [0.2, 0.25) is 5.91 Å². The third-order valence-electron chi connectivity index (χ3n) is 6.39. The van der Waals surface area contributed by atoms with Crippen molar-refractivity contribution in [3.8, 4) is 6.07 Å². The summed E-state index contributed by atoms with van der Waals surface area (Å²) in [6.07, 6.45) is -0.975. The fourth-order valence-electron chi connectivity index (χ4n) is 4.99. The number of aliphatic hydroxyl groups is 1. The van der Waals surface area contributed by atoms with E-state index in [-0.39, 0.29) is 11.8 Å². The van der Waals surface area contributed by atoms with Crippen molar-refractivity contribution in [2.24, 2.45) is 11.1 Å². The lowest BCUT2D eigenvalue weighted by Crippen LogP contribution is -2.44. The maximum absolute atomic E-state index is 13.4. The van der Waals surface area contributed by atoms with Crippen LogP contribution in [-0.2, 0) is 19.7 Å². The number of nitrogens with two attached hydrogens (primary N) is 1. The average molecular weight is 532 g/mol. The number of aliphatic hydroxyl groups excluding tert-OH is 1. The van der Waals surface area contributed by atoms with Crippen LogP contribution in [0.5, 0.6) is 0 Å². The Kier molecular flexibility index (Phi) is 8.68. The predicted molar refractivity (Wildman–Crippen MR) is 138 cm³/mol. The third-order valence-corrected chi connectivity index (χ3v) is 6.88. The van der Waals surface area contributed by atoms with Gasteiger partial charge in [-0.05, 0) is 47.2 Å². The van der Waals surface area contributed by atoms with Crippen molar-refractivity contribution in [2.45, 2.75) is 63.1 Å². The van der Waals surface area contributed by atoms with Crippen LogP contribution in [0.25, 0.3) is 0 Å². The molecule has 0 unspecified atom stereocenters. The number of nitrogens with one attached hydrogen (secondary N) is 1. The van der Waals surface area contributed by atoms with E-state index in [1.165, 1.54) is 0 Å². The van der Waals surface area contributed by atoms with Gasteiger partial charge in [0.05, 0.1) is 18.6 Å². The normalized spacial score (nSPS) is 24.6. The van der Waals surface area contributed by atoms with E-state index in [1.807, 2.05) is 18.2 Å². The van der Waals surface area contributed by atoms with Crippen molar-refractivity contribution in [3.05, 3.63) is 69.7 Å². The summed E-state index contributed by atoms with van der Waals surface area (Å²) in [5.74, 6) is -2.02. The number of esters is 1. The minimum atomic E-state index is -1.22. The van der Waals surface area contributed by atoms with Crippen LogP contribution in [0.3, 0.4) is 0 Å². The minimum Gasteiger partial charge on any atom is -0.462 e. The van der Waals surface area contributed by atoms with Gasteiger partial charge in [0.15, 0.2) is 0 Å². The van der Waals surface area contributed by atoms with E-state index in [1.54, 1.807) is 30.3 Å². The molecule has 2 aromatic carbocycles. The van der Waals surface area contributed by atoms with Gasteiger partial charge in [0.25, 0.3) is 0 Å². The molecule has 0 aromatic heterocycles. The molecule has 1 amide bonds. The van der Waals surface area contributed by atoms with E-state index in [4.69, 9.17) is 33.7 Å². The smallest absolute Gasteiger partial charge is 0.323 e. The number of nitriles is 1. The molecule has 0 saturated carbocycles. The van der Waals surface area contributed by atoms with Crippen molar-refractivity contribution < 1.29 is 19.4 Å². The maximum Gasteiger partial charge on any atom is 0.323 e. The van der Waals surface area contributed by atoms with Crippen LogP contribution in [-0.4, -0.2) is 41.8 Å². The van der Waals surface area contributed by atoms with Gasteiger partial charge in [0, 0.05) is 22.0 Å². The largest absolute Gasteiger partial charge is 0.462 e. The van der Waals surface area contributed by atoms with Gasteiger partial charge in [-0.1, -0.05) is 68.2 Å².